The molecule has 2 rings (SSSR count). The van der Waals surface area contributed by atoms with Crippen LogP contribution in [0.15, 0.2) is 42.5 Å². The molecule has 2 aromatic rings. The second-order valence-electron chi connectivity index (χ2n) is 4.85. The van der Waals surface area contributed by atoms with Crippen LogP contribution in [0, 0.1) is 7.43 Å². The topological polar surface area (TPSA) is 64.3 Å². The fourth-order valence-electron chi connectivity index (χ4n) is 1.07. The largest absolute Gasteiger partial charge is 0.358 e. The summed E-state index contributed by atoms with van der Waals surface area (Å²) in [5, 5.41) is 17.9. The molecule has 3 nitrogen and oxygen atoms in total. The standard InChI is InChI=1S/C9H7.C4H10N.C2H6O2.CH3.CH2.2ClH.Zr/c1-2-5-9-7-3-6-8(9)4-1;1-4(2,3)5;3-1-2-4;;;;;/h1-7H;5H,1-3H3;3-4H,1-2H2;1H3;1H2;2*1H;/q2*-1;;-1;;;;. The van der Waals surface area contributed by atoms with Crippen molar-refractivity contribution in [3.8, 4) is 0 Å². The Hall–Kier alpha value is 0.0431. The van der Waals surface area contributed by atoms with Gasteiger partial charge in [0.15, 0.2) is 0 Å². The van der Waals surface area contributed by atoms with E-state index in [1.807, 2.05) is 20.8 Å². The second kappa shape index (κ2) is 22.0. The number of rotatable bonds is 1. The fraction of sp³-hybridized carbons (Fsp3) is 0.353. The van der Waals surface area contributed by atoms with Gasteiger partial charge in [0.1, 0.15) is 0 Å². The summed E-state index contributed by atoms with van der Waals surface area (Å²) in [5.74, 6) is 0. The SMILES string of the molecule is CC(C)(C)[NH-].Cl.Cl.OCCO.[CH2]=[Zr].[CH3-].c1ccc2[cH-]ccc2c1. The molecule has 0 fully saturated rings. The van der Waals surface area contributed by atoms with Gasteiger partial charge in [0, 0.05) is 0 Å². The van der Waals surface area contributed by atoms with E-state index in [2.05, 4.69) is 46.7 Å². The van der Waals surface area contributed by atoms with E-state index in [1.54, 1.807) is 0 Å². The van der Waals surface area contributed by atoms with Crippen LogP contribution in [0.3, 0.4) is 0 Å². The summed E-state index contributed by atoms with van der Waals surface area (Å²) in [6, 6.07) is 14.7. The number of aliphatic hydroxyl groups excluding tert-OH is 2. The first-order chi connectivity index (χ1) is 9.38. The zero-order valence-corrected chi connectivity index (χ0v) is 18.5. The molecule has 0 aliphatic carbocycles. The van der Waals surface area contributed by atoms with Gasteiger partial charge in [-0.2, -0.15) is 17.5 Å². The molecule has 0 aliphatic heterocycles. The molecule has 23 heavy (non-hydrogen) atoms. The van der Waals surface area contributed by atoms with Crippen LogP contribution >= 0.6 is 24.8 Å². The number of hydrogen-bond donors (Lipinski definition) is 2. The van der Waals surface area contributed by atoms with Crippen molar-refractivity contribution in [1.82, 2.24) is 0 Å². The fourth-order valence-corrected chi connectivity index (χ4v) is 1.07. The molecule has 0 saturated carbocycles. The summed E-state index contributed by atoms with van der Waals surface area (Å²) < 4.78 is 3.34. The Morgan fingerprint density at radius 1 is 1.04 bits per heavy atom. The van der Waals surface area contributed by atoms with Crippen molar-refractivity contribution >= 4 is 39.8 Å². The average molecular weight is 443 g/mol. The van der Waals surface area contributed by atoms with Gasteiger partial charge in [-0.15, -0.1) is 60.0 Å². The van der Waals surface area contributed by atoms with Crippen molar-refractivity contribution in [1.29, 1.82) is 0 Å². The second-order valence-corrected chi connectivity index (χ2v) is 4.85. The van der Waals surface area contributed by atoms with E-state index < -0.39 is 0 Å². The van der Waals surface area contributed by atoms with E-state index in [9.17, 15) is 0 Å². The zero-order valence-electron chi connectivity index (χ0n) is 14.4. The van der Waals surface area contributed by atoms with Gasteiger partial charge in [0.25, 0.3) is 0 Å². The number of nitrogens with one attached hydrogen (secondary N) is 1. The summed E-state index contributed by atoms with van der Waals surface area (Å²) in [5.41, 5.74) is 6.69. The summed E-state index contributed by atoms with van der Waals surface area (Å²) in [6.45, 7) is 5.31. The summed E-state index contributed by atoms with van der Waals surface area (Å²) in [4.78, 5) is 0. The van der Waals surface area contributed by atoms with E-state index in [1.165, 1.54) is 35.0 Å². The first kappa shape index (κ1) is 34.4. The molecule has 0 amide bonds. The molecule has 0 radical (unpaired) electrons. The van der Waals surface area contributed by atoms with Crippen molar-refractivity contribution < 1.29 is 34.4 Å². The maximum Gasteiger partial charge on any atom is -0.0809 e. The van der Waals surface area contributed by atoms with Crippen LogP contribution in [-0.2, 0) is 24.2 Å². The molecule has 136 valence electrons. The normalized spacial score (nSPS) is 8.04. The van der Waals surface area contributed by atoms with Crippen LogP contribution < -0.4 is 0 Å². The third kappa shape index (κ3) is 27.2. The monoisotopic (exact) mass is 440 g/mol. The molecular weight excluding hydrogens is 412 g/mol. The van der Waals surface area contributed by atoms with Crippen molar-refractivity contribution in [3.05, 3.63) is 55.6 Å². The maximum atomic E-state index is 7.62. The molecular formula is C17H30Cl2NO2Zr-3. The van der Waals surface area contributed by atoms with E-state index >= 15 is 0 Å². The Kier molecular flexibility index (Phi) is 33.0. The number of hydrogen-bond acceptors (Lipinski definition) is 2. The maximum absolute atomic E-state index is 7.62. The zero-order chi connectivity index (χ0) is 16.0. The molecule has 0 atom stereocenters. The van der Waals surface area contributed by atoms with Crippen LogP contribution in [0.2, 0.25) is 0 Å². The van der Waals surface area contributed by atoms with E-state index in [0.717, 1.165) is 0 Å². The van der Waals surface area contributed by atoms with Crippen molar-refractivity contribution in [2.75, 3.05) is 13.2 Å². The molecule has 0 bridgehead atoms. The van der Waals surface area contributed by atoms with E-state index in [-0.39, 0.29) is 51.0 Å². The smallest absolute Gasteiger partial charge is 0.0809 e. The molecule has 2 aromatic carbocycles. The Labute approximate surface area is 168 Å². The van der Waals surface area contributed by atoms with Crippen LogP contribution in [-0.4, -0.2) is 33.2 Å². The quantitative estimate of drug-likeness (QED) is 0.633. The van der Waals surface area contributed by atoms with Gasteiger partial charge in [-0.25, -0.2) is 0 Å². The van der Waals surface area contributed by atoms with E-state index in [4.69, 9.17) is 15.9 Å². The van der Waals surface area contributed by atoms with E-state index in [0.29, 0.717) is 0 Å². The summed E-state index contributed by atoms with van der Waals surface area (Å²) >= 11 is 1.30. The molecule has 3 N–H and O–H groups in total. The molecule has 0 aliphatic rings. The van der Waals surface area contributed by atoms with Crippen molar-refractivity contribution in [2.45, 2.75) is 26.3 Å². The first-order valence-electron chi connectivity index (χ1n) is 6.31. The van der Waals surface area contributed by atoms with Gasteiger partial charge >= 0.3 is 28.4 Å². The van der Waals surface area contributed by atoms with Gasteiger partial charge in [-0.1, -0.05) is 26.8 Å². The molecule has 0 heterocycles. The minimum Gasteiger partial charge on any atom is -0.358 e. The van der Waals surface area contributed by atoms with Gasteiger partial charge in [0.2, 0.25) is 0 Å². The number of aliphatic hydroxyl groups is 2. The van der Waals surface area contributed by atoms with Gasteiger partial charge in [0.05, 0.1) is 13.2 Å². The van der Waals surface area contributed by atoms with Gasteiger partial charge in [-0.3, -0.25) is 0 Å². The Bertz CT molecular complexity index is 407. The van der Waals surface area contributed by atoms with Crippen LogP contribution in [0.5, 0.6) is 0 Å². The average Bonchev–Trinajstić information content (AvgIpc) is 2.88. The number of halogens is 2. The number of fused-ring (bicyclic) bond motifs is 1. The van der Waals surface area contributed by atoms with Crippen molar-refractivity contribution in [2.24, 2.45) is 0 Å². The molecule has 6 heteroatoms. The molecule has 0 aromatic heterocycles. The summed E-state index contributed by atoms with van der Waals surface area (Å²) in [6.07, 6.45) is 0. The molecule has 0 saturated heterocycles. The Balaban J connectivity index is -0.0000000685. The Morgan fingerprint density at radius 2 is 1.43 bits per heavy atom. The van der Waals surface area contributed by atoms with Crippen LogP contribution in [0.25, 0.3) is 16.5 Å². The van der Waals surface area contributed by atoms with Crippen LogP contribution in [0.1, 0.15) is 20.8 Å². The predicted molar refractivity (Wildman–Crippen MR) is 106 cm³/mol. The third-order valence-corrected chi connectivity index (χ3v) is 1.65. The van der Waals surface area contributed by atoms with Gasteiger partial charge in [-0.05, 0) is 0 Å². The third-order valence-electron chi connectivity index (χ3n) is 1.65. The summed E-state index contributed by atoms with van der Waals surface area (Å²) in [7, 11) is 0. The van der Waals surface area contributed by atoms with Crippen molar-refractivity contribution in [3.63, 3.8) is 0 Å². The molecule has 0 unspecified atom stereocenters. The minimum atomic E-state index is -0.250. The predicted octanol–water partition coefficient (Wildman–Crippen LogP) is 4.63. The Morgan fingerprint density at radius 3 is 1.78 bits per heavy atom. The van der Waals surface area contributed by atoms with Gasteiger partial charge < -0.3 is 23.4 Å². The van der Waals surface area contributed by atoms with Crippen LogP contribution in [0.4, 0.5) is 0 Å². The molecule has 0 spiro atoms. The number of benzene rings is 1. The minimum absolute atomic E-state index is 0. The first-order valence-corrected chi connectivity index (χ1v) is 8.05.